The smallest absolute Gasteiger partial charge is 0.248 e. The standard InChI is InChI=1S/C31H36FN5O5S2/c1-7-36(8-2)15-9-10-24-17-26-30(43-24)28(13-14-33-26)41-27-12-11-23(16-25(27)32)34-29(38)19-37(18-20(3)4)44(39,40)31-21(5)35-42-22(31)6/h11-14,16-17,20H,7-8,15,18-19H2,1-6H3,(H,34,38). The van der Waals surface area contributed by atoms with Crippen molar-refractivity contribution in [1.29, 1.82) is 0 Å². The van der Waals surface area contributed by atoms with Crippen LogP contribution in [0.25, 0.3) is 10.2 Å². The molecule has 3 aromatic heterocycles. The van der Waals surface area contributed by atoms with Crippen molar-refractivity contribution in [2.75, 3.05) is 38.0 Å². The van der Waals surface area contributed by atoms with Crippen LogP contribution in [0.1, 0.15) is 44.0 Å². The number of thiophene rings is 1. The van der Waals surface area contributed by atoms with Gasteiger partial charge in [-0.15, -0.1) is 11.3 Å². The van der Waals surface area contributed by atoms with Crippen LogP contribution in [-0.2, 0) is 14.8 Å². The summed E-state index contributed by atoms with van der Waals surface area (Å²) in [6.45, 7) is 13.0. The average Bonchev–Trinajstić information content (AvgIpc) is 3.54. The third-order valence-corrected chi connectivity index (χ3v) is 9.79. The number of rotatable bonds is 12. The van der Waals surface area contributed by atoms with Gasteiger partial charge in [-0.25, -0.2) is 12.8 Å². The Morgan fingerprint density at radius 2 is 1.91 bits per heavy atom. The predicted molar refractivity (Wildman–Crippen MR) is 169 cm³/mol. The molecule has 13 heteroatoms. The number of sulfonamides is 1. The third-order valence-electron chi connectivity index (χ3n) is 6.67. The molecule has 0 saturated carbocycles. The normalized spacial score (nSPS) is 11.8. The number of aryl methyl sites for hydroxylation is 2. The maximum absolute atomic E-state index is 15.2. The first-order valence-electron chi connectivity index (χ1n) is 14.2. The summed E-state index contributed by atoms with van der Waals surface area (Å²) in [5.74, 6) is 5.50. The van der Waals surface area contributed by atoms with E-state index in [0.717, 1.165) is 33.0 Å². The van der Waals surface area contributed by atoms with Gasteiger partial charge in [0.15, 0.2) is 17.3 Å². The summed E-state index contributed by atoms with van der Waals surface area (Å²) in [6.07, 6.45) is 1.59. The van der Waals surface area contributed by atoms with Gasteiger partial charge in [0.25, 0.3) is 0 Å². The maximum atomic E-state index is 15.2. The lowest BCUT2D eigenvalue weighted by Gasteiger charge is -2.23. The van der Waals surface area contributed by atoms with Gasteiger partial charge in [-0.05, 0) is 51.1 Å². The molecule has 0 atom stereocenters. The van der Waals surface area contributed by atoms with Crippen LogP contribution in [0, 0.1) is 37.4 Å². The molecular weight excluding hydrogens is 606 g/mol. The summed E-state index contributed by atoms with van der Waals surface area (Å²) in [7, 11) is -4.07. The number of nitrogens with one attached hydrogen (secondary N) is 1. The molecule has 0 spiro atoms. The minimum Gasteiger partial charge on any atom is -0.453 e. The number of amides is 1. The summed E-state index contributed by atoms with van der Waals surface area (Å²) >= 11 is 1.42. The van der Waals surface area contributed by atoms with Crippen molar-refractivity contribution in [2.45, 2.75) is 46.4 Å². The zero-order chi connectivity index (χ0) is 32.0. The second kappa shape index (κ2) is 14.3. The molecule has 0 bridgehead atoms. The van der Waals surface area contributed by atoms with Crippen LogP contribution in [0.5, 0.6) is 11.5 Å². The molecule has 4 aromatic rings. The van der Waals surface area contributed by atoms with E-state index < -0.39 is 28.3 Å². The number of aromatic nitrogens is 2. The number of anilines is 1. The second-order valence-corrected chi connectivity index (χ2v) is 13.5. The first kappa shape index (κ1) is 33.1. The summed E-state index contributed by atoms with van der Waals surface area (Å²) in [6, 6.07) is 7.56. The van der Waals surface area contributed by atoms with Crippen molar-refractivity contribution >= 4 is 43.2 Å². The van der Waals surface area contributed by atoms with Crippen LogP contribution < -0.4 is 10.1 Å². The maximum Gasteiger partial charge on any atom is 0.248 e. The van der Waals surface area contributed by atoms with Crippen molar-refractivity contribution in [3.63, 3.8) is 0 Å². The molecule has 1 N–H and O–H groups in total. The molecule has 10 nitrogen and oxygen atoms in total. The predicted octanol–water partition coefficient (Wildman–Crippen LogP) is 5.81. The van der Waals surface area contributed by atoms with Gasteiger partial charge in [0.2, 0.25) is 15.9 Å². The Labute approximate surface area is 261 Å². The summed E-state index contributed by atoms with van der Waals surface area (Å²) in [5.41, 5.74) is 1.06. The average molecular weight is 642 g/mol. The lowest BCUT2D eigenvalue weighted by atomic mass is 10.2. The molecule has 3 heterocycles. The monoisotopic (exact) mass is 641 g/mol. The van der Waals surface area contributed by atoms with Crippen molar-refractivity contribution < 1.29 is 26.9 Å². The zero-order valence-electron chi connectivity index (χ0n) is 25.6. The Kier molecular flexibility index (Phi) is 10.7. The lowest BCUT2D eigenvalue weighted by molar-refractivity contribution is -0.116. The number of fused-ring (bicyclic) bond motifs is 1. The van der Waals surface area contributed by atoms with Gasteiger partial charge in [-0.1, -0.05) is 44.7 Å². The number of pyridine rings is 1. The Bertz CT molecular complexity index is 1780. The van der Waals surface area contributed by atoms with Gasteiger partial charge in [0, 0.05) is 30.6 Å². The quantitative estimate of drug-likeness (QED) is 0.193. The van der Waals surface area contributed by atoms with Gasteiger partial charge in [0.05, 0.1) is 28.2 Å². The highest BCUT2D eigenvalue weighted by Gasteiger charge is 2.32. The van der Waals surface area contributed by atoms with Crippen molar-refractivity contribution in [3.05, 3.63) is 58.7 Å². The number of carbonyl (C=O) groups excluding carboxylic acids is 1. The van der Waals surface area contributed by atoms with Crippen molar-refractivity contribution in [1.82, 2.24) is 19.3 Å². The van der Waals surface area contributed by atoms with E-state index in [2.05, 4.69) is 46.0 Å². The molecule has 0 aliphatic heterocycles. The van der Waals surface area contributed by atoms with Gasteiger partial charge in [0.1, 0.15) is 16.3 Å². The van der Waals surface area contributed by atoms with Gasteiger partial charge in [-0.2, -0.15) is 4.31 Å². The molecule has 1 amide bonds. The number of hydrogen-bond donors (Lipinski definition) is 1. The fourth-order valence-corrected chi connectivity index (χ4v) is 7.30. The highest BCUT2D eigenvalue weighted by atomic mass is 32.2. The van der Waals surface area contributed by atoms with E-state index in [-0.39, 0.29) is 40.2 Å². The largest absolute Gasteiger partial charge is 0.453 e. The van der Waals surface area contributed by atoms with Crippen LogP contribution in [0.3, 0.4) is 0 Å². The lowest BCUT2D eigenvalue weighted by Crippen LogP contribution is -2.40. The van der Waals surface area contributed by atoms with Crippen LogP contribution in [-0.4, -0.2) is 66.4 Å². The van der Waals surface area contributed by atoms with Gasteiger partial charge >= 0.3 is 0 Å². The molecule has 44 heavy (non-hydrogen) atoms. The fourth-order valence-electron chi connectivity index (χ4n) is 4.51. The third kappa shape index (κ3) is 7.81. The number of nitrogens with zero attached hydrogens (tertiary/aromatic N) is 4. The van der Waals surface area contributed by atoms with Crippen LogP contribution in [0.2, 0.25) is 0 Å². The SMILES string of the molecule is CCN(CC)CC#Cc1cc2nccc(Oc3ccc(NC(=O)CN(CC(C)C)S(=O)(=O)c4c(C)noc4C)cc3F)c2s1. The van der Waals surface area contributed by atoms with E-state index >= 15 is 4.39 Å². The number of hydrogen-bond acceptors (Lipinski definition) is 9. The number of halogens is 1. The van der Waals surface area contributed by atoms with Crippen LogP contribution in [0.4, 0.5) is 10.1 Å². The Morgan fingerprint density at radius 3 is 2.55 bits per heavy atom. The Hall–Kier alpha value is -3.83. The van der Waals surface area contributed by atoms with E-state index in [0.29, 0.717) is 17.8 Å². The van der Waals surface area contributed by atoms with E-state index in [1.54, 1.807) is 12.3 Å². The van der Waals surface area contributed by atoms with E-state index in [9.17, 15) is 13.2 Å². The molecular formula is C31H36FN5O5S2. The second-order valence-electron chi connectivity index (χ2n) is 10.5. The van der Waals surface area contributed by atoms with E-state index in [4.69, 9.17) is 9.26 Å². The molecule has 0 aliphatic carbocycles. The van der Waals surface area contributed by atoms with Crippen molar-refractivity contribution in [3.8, 4) is 23.3 Å². The van der Waals surface area contributed by atoms with Crippen LogP contribution in [0.15, 0.2) is 45.9 Å². The number of carbonyl (C=O) groups is 1. The number of ether oxygens (including phenoxy) is 1. The molecule has 234 valence electrons. The van der Waals surface area contributed by atoms with Gasteiger partial charge in [-0.3, -0.25) is 14.7 Å². The molecule has 0 radical (unpaired) electrons. The Balaban J connectivity index is 1.48. The minimum absolute atomic E-state index is 0.0412. The summed E-state index contributed by atoms with van der Waals surface area (Å²) < 4.78 is 54.7. The summed E-state index contributed by atoms with van der Waals surface area (Å²) in [4.78, 5) is 20.3. The first-order valence-corrected chi connectivity index (χ1v) is 16.5. The van der Waals surface area contributed by atoms with Crippen LogP contribution >= 0.6 is 11.3 Å². The minimum atomic E-state index is -4.07. The zero-order valence-corrected chi connectivity index (χ0v) is 27.2. The highest BCUT2D eigenvalue weighted by Crippen LogP contribution is 2.36. The first-order chi connectivity index (χ1) is 20.9. The molecule has 4 rings (SSSR count). The highest BCUT2D eigenvalue weighted by molar-refractivity contribution is 7.89. The molecule has 0 saturated heterocycles. The Morgan fingerprint density at radius 1 is 1.16 bits per heavy atom. The number of benzene rings is 1. The van der Waals surface area contributed by atoms with E-state index in [1.807, 2.05) is 19.9 Å². The topological polar surface area (TPSA) is 118 Å². The molecule has 0 aliphatic rings. The van der Waals surface area contributed by atoms with E-state index in [1.165, 1.54) is 37.3 Å². The molecule has 1 aromatic carbocycles. The van der Waals surface area contributed by atoms with Gasteiger partial charge < -0.3 is 14.6 Å². The summed E-state index contributed by atoms with van der Waals surface area (Å²) in [5, 5.41) is 6.32. The molecule has 0 unspecified atom stereocenters. The molecule has 0 fully saturated rings. The fraction of sp³-hybridized carbons (Fsp3) is 0.387. The van der Waals surface area contributed by atoms with Crippen molar-refractivity contribution in [2.24, 2.45) is 5.92 Å².